The number of hydrogen-bond donors (Lipinski definition) is 0. The molecule has 0 radical (unpaired) electrons. The first-order valence-corrected chi connectivity index (χ1v) is 19.4. The number of aromatic nitrogens is 4. The third-order valence-electron chi connectivity index (χ3n) is 10.3. The predicted molar refractivity (Wildman–Crippen MR) is 230 cm³/mol. The second-order valence-electron chi connectivity index (χ2n) is 13.8. The van der Waals surface area contributed by atoms with Gasteiger partial charge in [-0.15, -0.1) is 11.3 Å². The summed E-state index contributed by atoms with van der Waals surface area (Å²) in [6.45, 7) is 0. The first-order valence-electron chi connectivity index (χ1n) is 18.5. The molecule has 0 amide bonds. The van der Waals surface area contributed by atoms with Crippen LogP contribution in [0, 0.1) is 0 Å². The Balaban J connectivity index is 1.10. The van der Waals surface area contributed by atoms with Crippen molar-refractivity contribution in [3.63, 3.8) is 0 Å². The van der Waals surface area contributed by atoms with Crippen LogP contribution in [0.5, 0.6) is 0 Å². The highest BCUT2D eigenvalue weighted by atomic mass is 32.1. The molecule has 0 aliphatic heterocycles. The van der Waals surface area contributed by atoms with Crippen LogP contribution in [0.15, 0.2) is 186 Å². The van der Waals surface area contributed by atoms with E-state index in [-0.39, 0.29) is 0 Å². The van der Waals surface area contributed by atoms with Gasteiger partial charge in [0.05, 0.1) is 10.2 Å². The Kier molecular flexibility index (Phi) is 7.60. The van der Waals surface area contributed by atoms with E-state index in [1.165, 1.54) is 0 Å². The van der Waals surface area contributed by atoms with E-state index in [1.54, 1.807) is 11.3 Å². The first-order chi connectivity index (χ1) is 27.7. The van der Waals surface area contributed by atoms with Crippen LogP contribution in [0.1, 0.15) is 0 Å². The topological polar surface area (TPSA) is 64.7 Å². The fourth-order valence-electron chi connectivity index (χ4n) is 7.69. The zero-order chi connectivity index (χ0) is 37.0. The first kappa shape index (κ1) is 32.2. The molecule has 6 heteroatoms. The molecule has 0 N–H and O–H groups in total. The van der Waals surface area contributed by atoms with Crippen molar-refractivity contribution in [2.45, 2.75) is 0 Å². The van der Waals surface area contributed by atoms with Crippen molar-refractivity contribution >= 4 is 54.3 Å². The maximum Gasteiger partial charge on any atom is 0.164 e. The Hall–Kier alpha value is -7.28. The van der Waals surface area contributed by atoms with Crippen molar-refractivity contribution in [3.05, 3.63) is 182 Å². The molecule has 11 rings (SSSR count). The second kappa shape index (κ2) is 13.2. The van der Waals surface area contributed by atoms with Crippen molar-refractivity contribution in [2.75, 3.05) is 0 Å². The summed E-state index contributed by atoms with van der Waals surface area (Å²) in [5.41, 5.74) is 11.0. The van der Waals surface area contributed by atoms with Gasteiger partial charge in [0.25, 0.3) is 0 Å². The van der Waals surface area contributed by atoms with Gasteiger partial charge in [-0.05, 0) is 45.7 Å². The van der Waals surface area contributed by atoms with Gasteiger partial charge in [-0.1, -0.05) is 158 Å². The number of nitrogens with zero attached hydrogens (tertiary/aromatic N) is 4. The SMILES string of the molecule is c1ccc(-c2cccc(-c3nc(-c4ccccc4)nc(-c4ccc5c(-c6c7sc(-c8ccccc8)nc7cc7oc8ccccc8c67)cccc5c4)n3)c2)cc1. The average molecular weight is 735 g/mol. The lowest BCUT2D eigenvalue weighted by Crippen LogP contribution is -2.00. The van der Waals surface area contributed by atoms with E-state index in [2.05, 4.69) is 127 Å². The third kappa shape index (κ3) is 5.54. The van der Waals surface area contributed by atoms with Crippen LogP contribution in [0.3, 0.4) is 0 Å². The molecule has 8 aromatic carbocycles. The van der Waals surface area contributed by atoms with E-state index in [1.807, 2.05) is 54.6 Å². The summed E-state index contributed by atoms with van der Waals surface area (Å²) in [6, 6.07) is 62.7. The highest BCUT2D eigenvalue weighted by Gasteiger charge is 2.22. The Morgan fingerprint density at radius 2 is 1.00 bits per heavy atom. The summed E-state index contributed by atoms with van der Waals surface area (Å²) in [6.07, 6.45) is 0. The average Bonchev–Trinajstić information content (AvgIpc) is 3.87. The molecule has 0 aliphatic rings. The van der Waals surface area contributed by atoms with Gasteiger partial charge >= 0.3 is 0 Å². The molecule has 0 unspecified atom stereocenters. The van der Waals surface area contributed by atoms with E-state index in [4.69, 9.17) is 24.4 Å². The van der Waals surface area contributed by atoms with Crippen LogP contribution >= 0.6 is 11.3 Å². The summed E-state index contributed by atoms with van der Waals surface area (Å²) < 4.78 is 7.63. The molecule has 0 saturated carbocycles. The quantitative estimate of drug-likeness (QED) is 0.170. The van der Waals surface area contributed by atoms with Gasteiger partial charge in [-0.2, -0.15) is 0 Å². The fraction of sp³-hybridized carbons (Fsp3) is 0. The van der Waals surface area contributed by atoms with Crippen LogP contribution in [0.4, 0.5) is 0 Å². The molecule has 11 aromatic rings. The Morgan fingerprint density at radius 1 is 0.393 bits per heavy atom. The van der Waals surface area contributed by atoms with Gasteiger partial charge in [0.2, 0.25) is 0 Å². The van der Waals surface area contributed by atoms with Crippen LogP contribution in [-0.4, -0.2) is 19.9 Å². The van der Waals surface area contributed by atoms with E-state index < -0.39 is 0 Å². The molecular weight excluding hydrogens is 705 g/mol. The molecule has 0 bridgehead atoms. The fourth-order valence-corrected chi connectivity index (χ4v) is 8.81. The number of rotatable bonds is 6. The van der Waals surface area contributed by atoms with Crippen LogP contribution in [-0.2, 0) is 0 Å². The smallest absolute Gasteiger partial charge is 0.164 e. The number of hydrogen-bond acceptors (Lipinski definition) is 6. The van der Waals surface area contributed by atoms with Crippen molar-refractivity contribution in [2.24, 2.45) is 0 Å². The van der Waals surface area contributed by atoms with E-state index >= 15 is 0 Å². The van der Waals surface area contributed by atoms with Gasteiger partial charge in [0.15, 0.2) is 17.5 Å². The van der Waals surface area contributed by atoms with Gasteiger partial charge in [0.1, 0.15) is 16.2 Å². The summed E-state index contributed by atoms with van der Waals surface area (Å²) in [7, 11) is 0. The lowest BCUT2D eigenvalue weighted by molar-refractivity contribution is 0.669. The second-order valence-corrected chi connectivity index (χ2v) is 14.8. The molecule has 0 saturated heterocycles. The lowest BCUT2D eigenvalue weighted by atomic mass is 9.93. The molecule has 5 nitrogen and oxygen atoms in total. The zero-order valence-corrected chi connectivity index (χ0v) is 30.7. The maximum atomic E-state index is 6.50. The minimum absolute atomic E-state index is 0.617. The zero-order valence-electron chi connectivity index (χ0n) is 29.9. The summed E-state index contributed by atoms with van der Waals surface area (Å²) in [4.78, 5) is 20.4. The largest absolute Gasteiger partial charge is 0.456 e. The van der Waals surface area contributed by atoms with E-state index in [0.717, 1.165) is 92.4 Å². The normalized spacial score (nSPS) is 11.6. The lowest BCUT2D eigenvalue weighted by Gasteiger charge is -2.12. The number of thiazole rings is 1. The monoisotopic (exact) mass is 734 g/mol. The summed E-state index contributed by atoms with van der Waals surface area (Å²) >= 11 is 1.73. The number of benzene rings is 8. The van der Waals surface area contributed by atoms with Crippen molar-refractivity contribution in [1.82, 2.24) is 19.9 Å². The van der Waals surface area contributed by atoms with Crippen molar-refractivity contribution in [3.8, 4) is 67.0 Å². The minimum Gasteiger partial charge on any atom is -0.456 e. The van der Waals surface area contributed by atoms with Crippen LogP contribution < -0.4 is 0 Å². The number of fused-ring (bicyclic) bond motifs is 5. The minimum atomic E-state index is 0.617. The molecule has 0 aliphatic carbocycles. The van der Waals surface area contributed by atoms with Crippen molar-refractivity contribution in [1.29, 1.82) is 0 Å². The number of para-hydroxylation sites is 1. The summed E-state index contributed by atoms with van der Waals surface area (Å²) in [5.74, 6) is 1.87. The predicted octanol–water partition coefficient (Wildman–Crippen LogP) is 13.5. The van der Waals surface area contributed by atoms with Gasteiger partial charge < -0.3 is 4.42 Å². The van der Waals surface area contributed by atoms with Gasteiger partial charge in [-0.3, -0.25) is 0 Å². The third-order valence-corrected chi connectivity index (χ3v) is 11.5. The van der Waals surface area contributed by atoms with Crippen molar-refractivity contribution < 1.29 is 4.42 Å². The van der Waals surface area contributed by atoms with Gasteiger partial charge in [-0.25, -0.2) is 19.9 Å². The molecule has 0 atom stereocenters. The molecule has 56 heavy (non-hydrogen) atoms. The van der Waals surface area contributed by atoms with E-state index in [0.29, 0.717) is 17.5 Å². The Labute approximate surface area is 326 Å². The van der Waals surface area contributed by atoms with Crippen LogP contribution in [0.25, 0.3) is 110 Å². The highest BCUT2D eigenvalue weighted by molar-refractivity contribution is 7.22. The van der Waals surface area contributed by atoms with E-state index in [9.17, 15) is 0 Å². The Morgan fingerprint density at radius 3 is 1.77 bits per heavy atom. The molecule has 3 aromatic heterocycles. The summed E-state index contributed by atoms with van der Waals surface area (Å²) in [5, 5.41) is 5.37. The molecule has 3 heterocycles. The molecule has 0 fully saturated rings. The molecule has 0 spiro atoms. The van der Waals surface area contributed by atoms with Gasteiger partial charge in [0, 0.05) is 44.7 Å². The standard InChI is InChI=1S/C50H30N4OS/c1-4-14-31(15-5-1)34-20-12-22-36(28-34)48-52-47(32-16-6-2-7-17-32)53-49(54-48)37-26-27-38-35(29-37)21-13-24-39(38)45-44-40-23-10-11-25-42(40)55-43(44)30-41-46(45)56-50(51-41)33-18-8-3-9-19-33/h1-30H. The molecule has 262 valence electrons. The van der Waals surface area contributed by atoms with Crippen LogP contribution in [0.2, 0.25) is 0 Å². The Bertz CT molecular complexity index is 3250. The number of furan rings is 1. The molecular formula is C50H30N4OS. The maximum absolute atomic E-state index is 6.50. The highest BCUT2D eigenvalue weighted by Crippen LogP contribution is 2.47.